The summed E-state index contributed by atoms with van der Waals surface area (Å²) in [5, 5.41) is 1.05. The van der Waals surface area contributed by atoms with Crippen molar-refractivity contribution in [3.8, 4) is 0 Å². The number of nitrogens with zero attached hydrogens (tertiary/aromatic N) is 3. The zero-order chi connectivity index (χ0) is 17.1. The quantitative estimate of drug-likeness (QED) is 0.724. The van der Waals surface area contributed by atoms with Crippen LogP contribution in [-0.4, -0.2) is 28.0 Å². The van der Waals surface area contributed by atoms with Crippen LogP contribution in [0.15, 0.2) is 53.3 Å². The van der Waals surface area contributed by atoms with Gasteiger partial charge in [-0.2, -0.15) is 0 Å². The highest BCUT2D eigenvalue weighted by Gasteiger charge is 2.09. The van der Waals surface area contributed by atoms with Gasteiger partial charge in [-0.1, -0.05) is 30.3 Å². The Morgan fingerprint density at radius 2 is 1.83 bits per heavy atom. The van der Waals surface area contributed by atoms with Gasteiger partial charge in [0.1, 0.15) is 5.65 Å². The Hall–Kier alpha value is -2.46. The standard InChI is InChI=1S/C20H23N3O/c1-15-13-16(2)21-20-18(15)9-10-19(24)23(20)12-11-22(3)14-17-7-5-4-6-8-17/h4-10,13H,11-12,14H2,1-3H3. The molecule has 0 N–H and O–H groups in total. The lowest BCUT2D eigenvalue weighted by molar-refractivity contribution is 0.311. The number of aromatic nitrogens is 2. The summed E-state index contributed by atoms with van der Waals surface area (Å²) >= 11 is 0. The van der Waals surface area contributed by atoms with Crippen molar-refractivity contribution in [2.45, 2.75) is 26.9 Å². The van der Waals surface area contributed by atoms with Gasteiger partial charge < -0.3 is 4.90 Å². The van der Waals surface area contributed by atoms with Gasteiger partial charge in [0.15, 0.2) is 0 Å². The molecule has 24 heavy (non-hydrogen) atoms. The van der Waals surface area contributed by atoms with Crippen LogP contribution in [-0.2, 0) is 13.1 Å². The zero-order valence-corrected chi connectivity index (χ0v) is 14.5. The Morgan fingerprint density at radius 3 is 2.58 bits per heavy atom. The van der Waals surface area contributed by atoms with Crippen molar-refractivity contribution in [1.29, 1.82) is 0 Å². The van der Waals surface area contributed by atoms with Crippen LogP contribution in [0.3, 0.4) is 0 Å². The Balaban J connectivity index is 1.82. The lowest BCUT2D eigenvalue weighted by atomic mass is 10.1. The van der Waals surface area contributed by atoms with E-state index < -0.39 is 0 Å². The third-order valence-electron chi connectivity index (χ3n) is 4.29. The Kier molecular flexibility index (Phi) is 4.76. The smallest absolute Gasteiger partial charge is 0.252 e. The van der Waals surface area contributed by atoms with Gasteiger partial charge >= 0.3 is 0 Å². The Labute approximate surface area is 142 Å². The maximum absolute atomic E-state index is 12.3. The fraction of sp³-hybridized carbons (Fsp3) is 0.300. The van der Waals surface area contributed by atoms with Crippen molar-refractivity contribution in [3.05, 3.63) is 75.7 Å². The number of pyridine rings is 2. The van der Waals surface area contributed by atoms with Gasteiger partial charge in [0.25, 0.3) is 5.56 Å². The van der Waals surface area contributed by atoms with E-state index in [0.29, 0.717) is 6.54 Å². The molecule has 124 valence electrons. The van der Waals surface area contributed by atoms with Crippen LogP contribution in [0, 0.1) is 13.8 Å². The van der Waals surface area contributed by atoms with Crippen LogP contribution >= 0.6 is 0 Å². The molecule has 0 amide bonds. The van der Waals surface area contributed by atoms with Crippen LogP contribution < -0.4 is 5.56 Å². The number of hydrogen-bond donors (Lipinski definition) is 0. The Bertz CT molecular complexity index is 900. The minimum atomic E-state index is 0.00751. The highest BCUT2D eigenvalue weighted by atomic mass is 16.1. The molecular weight excluding hydrogens is 298 g/mol. The Morgan fingerprint density at radius 1 is 1.08 bits per heavy atom. The summed E-state index contributed by atoms with van der Waals surface area (Å²) in [6, 6.07) is 15.9. The minimum absolute atomic E-state index is 0.00751. The predicted molar refractivity (Wildman–Crippen MR) is 98.3 cm³/mol. The van der Waals surface area contributed by atoms with Gasteiger partial charge in [-0.3, -0.25) is 9.36 Å². The van der Waals surface area contributed by atoms with Crippen molar-refractivity contribution >= 4 is 11.0 Å². The first-order chi connectivity index (χ1) is 11.5. The lowest BCUT2D eigenvalue weighted by Crippen LogP contribution is -2.28. The lowest BCUT2D eigenvalue weighted by Gasteiger charge is -2.18. The molecule has 0 saturated carbocycles. The van der Waals surface area contributed by atoms with Crippen LogP contribution in [0.25, 0.3) is 11.0 Å². The molecule has 0 radical (unpaired) electrons. The molecule has 4 heteroatoms. The molecule has 2 heterocycles. The summed E-state index contributed by atoms with van der Waals surface area (Å²) in [5.41, 5.74) is 4.16. The monoisotopic (exact) mass is 321 g/mol. The van der Waals surface area contributed by atoms with E-state index in [0.717, 1.165) is 35.4 Å². The largest absolute Gasteiger partial charge is 0.300 e. The summed E-state index contributed by atoms with van der Waals surface area (Å²) in [6.07, 6.45) is 0. The topological polar surface area (TPSA) is 38.1 Å². The first kappa shape index (κ1) is 16.4. The molecule has 0 aliphatic rings. The van der Waals surface area contributed by atoms with E-state index in [2.05, 4.69) is 42.1 Å². The minimum Gasteiger partial charge on any atom is -0.300 e. The second kappa shape index (κ2) is 6.97. The van der Waals surface area contributed by atoms with Gasteiger partial charge in [-0.05, 0) is 44.2 Å². The zero-order valence-electron chi connectivity index (χ0n) is 14.5. The van der Waals surface area contributed by atoms with Crippen LogP contribution in [0.2, 0.25) is 0 Å². The first-order valence-electron chi connectivity index (χ1n) is 8.25. The first-order valence-corrected chi connectivity index (χ1v) is 8.25. The molecule has 0 aliphatic heterocycles. The van der Waals surface area contributed by atoms with E-state index in [9.17, 15) is 4.79 Å². The molecule has 0 aliphatic carbocycles. The number of likely N-dealkylation sites (N-methyl/N-ethyl adjacent to an activating group) is 1. The maximum atomic E-state index is 12.3. The highest BCUT2D eigenvalue weighted by molar-refractivity contribution is 5.79. The highest BCUT2D eigenvalue weighted by Crippen LogP contribution is 2.16. The van der Waals surface area contributed by atoms with Gasteiger partial charge in [0, 0.05) is 36.8 Å². The third kappa shape index (κ3) is 3.54. The number of aryl methyl sites for hydroxylation is 2. The summed E-state index contributed by atoms with van der Waals surface area (Å²) in [4.78, 5) is 19.2. The molecule has 3 aromatic rings. The average molecular weight is 321 g/mol. The third-order valence-corrected chi connectivity index (χ3v) is 4.29. The molecule has 4 nitrogen and oxygen atoms in total. The van der Waals surface area contributed by atoms with E-state index in [1.54, 1.807) is 10.6 Å². The summed E-state index contributed by atoms with van der Waals surface area (Å²) in [6.45, 7) is 6.33. The number of fused-ring (bicyclic) bond motifs is 1. The van der Waals surface area contributed by atoms with Crippen molar-refractivity contribution in [2.24, 2.45) is 0 Å². The van der Waals surface area contributed by atoms with E-state index in [-0.39, 0.29) is 5.56 Å². The van der Waals surface area contributed by atoms with Crippen molar-refractivity contribution in [3.63, 3.8) is 0 Å². The molecule has 1 aromatic carbocycles. The van der Waals surface area contributed by atoms with E-state index in [1.807, 2.05) is 31.2 Å². The number of hydrogen-bond acceptors (Lipinski definition) is 3. The van der Waals surface area contributed by atoms with Gasteiger partial charge in [0.2, 0.25) is 0 Å². The fourth-order valence-electron chi connectivity index (χ4n) is 3.05. The van der Waals surface area contributed by atoms with E-state index in [1.165, 1.54) is 5.56 Å². The van der Waals surface area contributed by atoms with E-state index >= 15 is 0 Å². The van der Waals surface area contributed by atoms with Gasteiger partial charge in [-0.15, -0.1) is 0 Å². The van der Waals surface area contributed by atoms with E-state index in [4.69, 9.17) is 0 Å². The normalized spacial score (nSPS) is 11.3. The molecular formula is C20H23N3O. The summed E-state index contributed by atoms with van der Waals surface area (Å²) < 4.78 is 1.79. The van der Waals surface area contributed by atoms with Crippen molar-refractivity contribution in [2.75, 3.05) is 13.6 Å². The van der Waals surface area contributed by atoms with Gasteiger partial charge in [0.05, 0.1) is 0 Å². The number of benzene rings is 1. The van der Waals surface area contributed by atoms with Crippen LogP contribution in [0.5, 0.6) is 0 Å². The van der Waals surface area contributed by atoms with Crippen molar-refractivity contribution < 1.29 is 0 Å². The number of rotatable bonds is 5. The second-order valence-electron chi connectivity index (χ2n) is 6.36. The second-order valence-corrected chi connectivity index (χ2v) is 6.36. The fourth-order valence-corrected chi connectivity index (χ4v) is 3.05. The predicted octanol–water partition coefficient (Wildman–Crippen LogP) is 3.15. The van der Waals surface area contributed by atoms with Crippen molar-refractivity contribution in [1.82, 2.24) is 14.5 Å². The average Bonchev–Trinajstić information content (AvgIpc) is 2.54. The van der Waals surface area contributed by atoms with Crippen LogP contribution in [0.4, 0.5) is 0 Å². The summed E-state index contributed by atoms with van der Waals surface area (Å²) in [5.74, 6) is 0. The molecule has 0 saturated heterocycles. The molecule has 0 atom stereocenters. The summed E-state index contributed by atoms with van der Waals surface area (Å²) in [7, 11) is 2.08. The molecule has 2 aromatic heterocycles. The molecule has 0 bridgehead atoms. The molecule has 0 spiro atoms. The maximum Gasteiger partial charge on any atom is 0.252 e. The molecule has 0 fully saturated rings. The molecule has 3 rings (SSSR count). The molecule has 0 unspecified atom stereocenters. The van der Waals surface area contributed by atoms with Gasteiger partial charge in [-0.25, -0.2) is 4.98 Å². The SMILES string of the molecule is Cc1cc(C)c2ccc(=O)n(CCN(C)Cc3ccccc3)c2n1. The van der Waals surface area contributed by atoms with Crippen LogP contribution in [0.1, 0.15) is 16.8 Å².